The topological polar surface area (TPSA) is 86.6 Å². The van der Waals surface area contributed by atoms with E-state index in [1.807, 2.05) is 50.2 Å². The summed E-state index contributed by atoms with van der Waals surface area (Å²) in [6.07, 6.45) is -0.899. The highest BCUT2D eigenvalue weighted by Crippen LogP contribution is 2.33. The maximum atomic E-state index is 13.7. The second-order valence-corrected chi connectivity index (χ2v) is 9.50. The Morgan fingerprint density at radius 3 is 2.32 bits per heavy atom. The monoisotopic (exact) mass is 532 g/mol. The van der Waals surface area contributed by atoms with Crippen LogP contribution in [0.3, 0.4) is 0 Å². The number of halogens is 1. The van der Waals surface area contributed by atoms with E-state index in [1.165, 1.54) is 18.7 Å². The molecule has 1 amide bonds. The Bertz CT molecular complexity index is 1590. The lowest BCUT2D eigenvalue weighted by Gasteiger charge is -2.21. The van der Waals surface area contributed by atoms with Crippen molar-refractivity contribution in [3.8, 4) is 16.9 Å². The molecule has 0 saturated heterocycles. The van der Waals surface area contributed by atoms with Crippen molar-refractivity contribution in [1.82, 2.24) is 4.57 Å². The molecule has 0 aliphatic heterocycles. The molecular weight excluding hydrogens is 504 g/mol. The lowest BCUT2D eigenvalue weighted by Crippen LogP contribution is -2.34. The summed E-state index contributed by atoms with van der Waals surface area (Å²) in [6, 6.07) is 18.1. The highest BCUT2D eigenvalue weighted by atomic mass is 35.5. The normalized spacial score (nSPS) is 11.7. The number of carbonyl (C=O) groups is 2. The number of nitrogens with one attached hydrogen (secondary N) is 1. The van der Waals surface area contributed by atoms with Gasteiger partial charge in [0.15, 0.2) is 6.10 Å². The molecule has 38 heavy (non-hydrogen) atoms. The Kier molecular flexibility index (Phi) is 7.88. The molecular formula is C30H29ClN2O5. The van der Waals surface area contributed by atoms with Crippen LogP contribution in [0.1, 0.15) is 35.0 Å². The zero-order valence-electron chi connectivity index (χ0n) is 21.9. The minimum atomic E-state index is -1.12. The fourth-order valence-corrected chi connectivity index (χ4v) is 4.52. The van der Waals surface area contributed by atoms with Gasteiger partial charge >= 0.3 is 5.97 Å². The van der Waals surface area contributed by atoms with E-state index < -0.39 is 18.0 Å². The highest BCUT2D eigenvalue weighted by Gasteiger charge is 2.28. The second kappa shape index (κ2) is 11.1. The van der Waals surface area contributed by atoms with Crippen molar-refractivity contribution in [2.24, 2.45) is 7.05 Å². The molecule has 7 nitrogen and oxygen atoms in total. The zero-order chi connectivity index (χ0) is 27.6. The summed E-state index contributed by atoms with van der Waals surface area (Å²) in [7, 11) is 3.01. The van der Waals surface area contributed by atoms with Crippen LogP contribution < -0.4 is 15.6 Å². The van der Waals surface area contributed by atoms with E-state index in [2.05, 4.69) is 5.32 Å². The van der Waals surface area contributed by atoms with Gasteiger partial charge in [-0.3, -0.25) is 9.59 Å². The first-order chi connectivity index (χ1) is 18.2. The number of anilines is 1. The number of fused-ring (bicyclic) bond motifs is 1. The van der Waals surface area contributed by atoms with E-state index in [0.717, 1.165) is 16.7 Å². The van der Waals surface area contributed by atoms with Gasteiger partial charge in [-0.1, -0.05) is 66.6 Å². The molecule has 3 aromatic carbocycles. The predicted octanol–water partition coefficient (Wildman–Crippen LogP) is 6.06. The van der Waals surface area contributed by atoms with Crippen LogP contribution in [0.4, 0.5) is 5.69 Å². The molecule has 1 unspecified atom stereocenters. The first-order valence-corrected chi connectivity index (χ1v) is 12.6. The third-order valence-electron chi connectivity index (χ3n) is 6.49. The van der Waals surface area contributed by atoms with Gasteiger partial charge in [-0.25, -0.2) is 4.79 Å². The molecule has 4 rings (SSSR count). The quantitative estimate of drug-likeness (QED) is 0.292. The average Bonchev–Trinajstić information content (AvgIpc) is 2.91. The number of hydrogen-bond donors (Lipinski definition) is 1. The maximum Gasteiger partial charge on any atom is 0.356 e. The number of carbonyl (C=O) groups excluding carboxylic acids is 2. The summed E-state index contributed by atoms with van der Waals surface area (Å²) in [5, 5.41) is 4.39. The molecule has 0 spiro atoms. The van der Waals surface area contributed by atoms with Gasteiger partial charge in [0.05, 0.1) is 12.8 Å². The van der Waals surface area contributed by atoms with Crippen LogP contribution in [-0.4, -0.2) is 29.7 Å². The Morgan fingerprint density at radius 1 is 1.03 bits per heavy atom. The number of amides is 1. The molecule has 0 saturated carbocycles. The van der Waals surface area contributed by atoms with Crippen LogP contribution in [-0.2, 0) is 16.6 Å². The Hall–Kier alpha value is -4.10. The van der Waals surface area contributed by atoms with Crippen molar-refractivity contribution in [1.29, 1.82) is 0 Å². The number of methoxy groups -OCH3 is 1. The third kappa shape index (κ3) is 5.15. The van der Waals surface area contributed by atoms with Crippen LogP contribution in [0.5, 0.6) is 5.75 Å². The van der Waals surface area contributed by atoms with Crippen molar-refractivity contribution in [2.75, 3.05) is 12.4 Å². The number of nitrogens with zero attached hydrogens (tertiary/aromatic N) is 1. The van der Waals surface area contributed by atoms with Gasteiger partial charge < -0.3 is 19.4 Å². The molecule has 1 heterocycles. The number of benzene rings is 3. The highest BCUT2D eigenvalue weighted by molar-refractivity contribution is 6.31. The summed E-state index contributed by atoms with van der Waals surface area (Å²) in [5.74, 6) is -0.913. The van der Waals surface area contributed by atoms with E-state index in [-0.39, 0.29) is 17.7 Å². The minimum absolute atomic E-state index is 0.0729. The number of esters is 1. The van der Waals surface area contributed by atoms with Crippen LogP contribution in [0.25, 0.3) is 21.9 Å². The minimum Gasteiger partial charge on any atom is -0.495 e. The molecule has 1 N–H and O–H groups in total. The van der Waals surface area contributed by atoms with Gasteiger partial charge in [0, 0.05) is 29.1 Å². The van der Waals surface area contributed by atoms with E-state index in [1.54, 1.807) is 31.2 Å². The van der Waals surface area contributed by atoms with E-state index in [4.69, 9.17) is 21.1 Å². The second-order valence-electron chi connectivity index (χ2n) is 9.09. The van der Waals surface area contributed by atoms with Crippen molar-refractivity contribution < 1.29 is 19.1 Å². The largest absolute Gasteiger partial charge is 0.495 e. The fraction of sp³-hybridized carbons (Fsp3) is 0.233. The fourth-order valence-electron chi connectivity index (χ4n) is 4.37. The number of ether oxygens (including phenoxy) is 2. The van der Waals surface area contributed by atoms with Gasteiger partial charge in [0.2, 0.25) is 0 Å². The Morgan fingerprint density at radius 2 is 1.68 bits per heavy atom. The molecule has 0 aliphatic rings. The molecule has 1 aromatic heterocycles. The number of aryl methyl sites for hydroxylation is 2. The van der Waals surface area contributed by atoms with Gasteiger partial charge in [0.1, 0.15) is 11.4 Å². The summed E-state index contributed by atoms with van der Waals surface area (Å²) >= 11 is 6.18. The first kappa shape index (κ1) is 26.9. The van der Waals surface area contributed by atoms with Crippen molar-refractivity contribution in [3.63, 3.8) is 0 Å². The molecule has 196 valence electrons. The maximum absolute atomic E-state index is 13.7. The van der Waals surface area contributed by atoms with Gasteiger partial charge in [-0.15, -0.1) is 0 Å². The van der Waals surface area contributed by atoms with Crippen LogP contribution in [0, 0.1) is 13.8 Å². The van der Waals surface area contributed by atoms with E-state index >= 15 is 0 Å². The molecule has 0 bridgehead atoms. The van der Waals surface area contributed by atoms with Gasteiger partial charge in [-0.2, -0.15) is 0 Å². The molecule has 8 heteroatoms. The van der Waals surface area contributed by atoms with E-state index in [0.29, 0.717) is 32.8 Å². The third-order valence-corrected chi connectivity index (χ3v) is 6.90. The van der Waals surface area contributed by atoms with Gasteiger partial charge in [-0.05, 0) is 48.9 Å². The molecule has 0 fully saturated rings. The molecule has 0 aliphatic carbocycles. The first-order valence-electron chi connectivity index (χ1n) is 12.2. The lowest BCUT2D eigenvalue weighted by molar-refractivity contribution is -0.124. The average molecular weight is 533 g/mol. The predicted molar refractivity (Wildman–Crippen MR) is 150 cm³/mol. The lowest BCUT2D eigenvalue weighted by atomic mass is 9.96. The molecule has 0 radical (unpaired) electrons. The Labute approximate surface area is 226 Å². The Balaban J connectivity index is 1.75. The summed E-state index contributed by atoms with van der Waals surface area (Å²) in [5.41, 5.74) is 3.29. The standard InChI is InChI=1S/C30H29ClN2O5/c1-6-24(28(34)32-23-15-18(3)22(31)16-25(23)37-5)38-30(36)27-26(19-13-11-17(2)12-14-19)20-9-7-8-10-21(20)29(35)33(27)4/h7-16,24H,6H2,1-5H3,(H,32,34). The van der Waals surface area contributed by atoms with Crippen molar-refractivity contribution in [2.45, 2.75) is 33.3 Å². The summed E-state index contributed by atoms with van der Waals surface area (Å²) in [6.45, 7) is 5.52. The number of rotatable bonds is 7. The molecule has 1 atom stereocenters. The SMILES string of the molecule is CCC(OC(=O)c1c(-c2ccc(C)cc2)c2ccccc2c(=O)n1C)C(=O)Nc1cc(C)c(Cl)cc1OC. The zero-order valence-corrected chi connectivity index (χ0v) is 22.7. The van der Waals surface area contributed by atoms with Crippen molar-refractivity contribution in [3.05, 3.63) is 92.9 Å². The number of aromatic nitrogens is 1. The summed E-state index contributed by atoms with van der Waals surface area (Å²) in [4.78, 5) is 40.1. The molecule has 4 aromatic rings. The number of hydrogen-bond acceptors (Lipinski definition) is 5. The van der Waals surface area contributed by atoms with Gasteiger partial charge in [0.25, 0.3) is 11.5 Å². The number of pyridine rings is 1. The smallest absolute Gasteiger partial charge is 0.356 e. The van der Waals surface area contributed by atoms with Crippen molar-refractivity contribution >= 4 is 39.9 Å². The van der Waals surface area contributed by atoms with Crippen LogP contribution >= 0.6 is 11.6 Å². The van der Waals surface area contributed by atoms with Crippen LogP contribution in [0.15, 0.2) is 65.5 Å². The van der Waals surface area contributed by atoms with Crippen LogP contribution in [0.2, 0.25) is 5.02 Å². The summed E-state index contributed by atoms with van der Waals surface area (Å²) < 4.78 is 12.4. The van der Waals surface area contributed by atoms with E-state index in [9.17, 15) is 14.4 Å².